The third kappa shape index (κ3) is 1.87. The number of thiophene rings is 1. The molecule has 0 aliphatic carbocycles. The van der Waals surface area contributed by atoms with E-state index in [4.69, 9.17) is 0 Å². The van der Waals surface area contributed by atoms with Gasteiger partial charge in [0.15, 0.2) is 0 Å². The van der Waals surface area contributed by atoms with Gasteiger partial charge in [0.2, 0.25) is 0 Å². The van der Waals surface area contributed by atoms with Gasteiger partial charge in [0.1, 0.15) is 4.88 Å². The number of hydrogen-bond acceptors (Lipinski definition) is 5. The van der Waals surface area contributed by atoms with Crippen molar-refractivity contribution in [2.45, 2.75) is 6.04 Å². The van der Waals surface area contributed by atoms with Crippen LogP contribution in [0.3, 0.4) is 0 Å². The SMILES string of the molecule is O=C1N[C@@H](CO)CNc2c1sc1ccc3ncccc3c21. The van der Waals surface area contributed by atoms with Crippen molar-refractivity contribution in [1.29, 1.82) is 0 Å². The van der Waals surface area contributed by atoms with Crippen molar-refractivity contribution in [3.05, 3.63) is 35.3 Å². The van der Waals surface area contributed by atoms with E-state index in [1.54, 1.807) is 6.20 Å². The monoisotopic (exact) mass is 299 g/mol. The van der Waals surface area contributed by atoms with Gasteiger partial charge in [-0.05, 0) is 18.2 Å². The summed E-state index contributed by atoms with van der Waals surface area (Å²) in [6.07, 6.45) is 1.77. The second-order valence-corrected chi connectivity index (χ2v) is 6.10. The van der Waals surface area contributed by atoms with Crippen LogP contribution in [0.4, 0.5) is 5.69 Å². The molecule has 1 atom stereocenters. The number of amides is 1. The van der Waals surface area contributed by atoms with Gasteiger partial charge in [-0.2, -0.15) is 0 Å². The predicted octanol–water partition coefficient (Wildman–Crippen LogP) is 1.97. The van der Waals surface area contributed by atoms with E-state index in [2.05, 4.69) is 15.6 Å². The summed E-state index contributed by atoms with van der Waals surface area (Å²) in [6.45, 7) is 0.436. The Kier molecular flexibility index (Phi) is 2.80. The summed E-state index contributed by atoms with van der Waals surface area (Å²) in [5, 5.41) is 17.5. The standard InChI is InChI=1S/C15H13N3O2S/c19-7-8-6-17-13-12-9-2-1-5-16-10(9)3-4-11(12)21-14(13)15(20)18-8/h1-5,8,17,19H,6-7H2,(H,18,20)/t8-/m1/s1. The van der Waals surface area contributed by atoms with Crippen molar-refractivity contribution in [2.75, 3.05) is 18.5 Å². The lowest BCUT2D eigenvalue weighted by molar-refractivity contribution is 0.0928. The molecule has 2 aromatic heterocycles. The van der Waals surface area contributed by atoms with Crippen LogP contribution in [0.1, 0.15) is 9.67 Å². The molecule has 0 spiro atoms. The van der Waals surface area contributed by atoms with Gasteiger partial charge in [0.05, 0.1) is 23.9 Å². The fraction of sp³-hybridized carbons (Fsp3) is 0.200. The molecule has 0 unspecified atom stereocenters. The Balaban J connectivity index is 2.01. The van der Waals surface area contributed by atoms with E-state index >= 15 is 0 Å². The molecule has 0 bridgehead atoms. The molecule has 1 aliphatic rings. The van der Waals surface area contributed by atoms with E-state index in [1.807, 2.05) is 24.3 Å². The minimum atomic E-state index is -0.264. The number of aliphatic hydroxyl groups is 1. The Morgan fingerprint density at radius 3 is 3.14 bits per heavy atom. The highest BCUT2D eigenvalue weighted by Gasteiger charge is 2.25. The Labute approximate surface area is 124 Å². The van der Waals surface area contributed by atoms with Crippen LogP contribution in [0.15, 0.2) is 30.5 Å². The van der Waals surface area contributed by atoms with E-state index in [0.717, 1.165) is 26.7 Å². The fourth-order valence-electron chi connectivity index (χ4n) is 2.72. The largest absolute Gasteiger partial charge is 0.394 e. The topological polar surface area (TPSA) is 74.2 Å². The maximum Gasteiger partial charge on any atom is 0.263 e. The first kappa shape index (κ1) is 12.6. The highest BCUT2D eigenvalue weighted by molar-refractivity contribution is 7.21. The van der Waals surface area contributed by atoms with Gasteiger partial charge in [-0.1, -0.05) is 6.07 Å². The second-order valence-electron chi connectivity index (χ2n) is 5.05. The van der Waals surface area contributed by atoms with Crippen LogP contribution in [0, 0.1) is 0 Å². The minimum Gasteiger partial charge on any atom is -0.394 e. The third-order valence-corrected chi connectivity index (χ3v) is 4.88. The van der Waals surface area contributed by atoms with Crippen molar-refractivity contribution in [2.24, 2.45) is 0 Å². The predicted molar refractivity (Wildman–Crippen MR) is 84.0 cm³/mol. The van der Waals surface area contributed by atoms with E-state index in [0.29, 0.717) is 11.4 Å². The molecule has 0 radical (unpaired) electrons. The number of benzene rings is 1. The number of carbonyl (C=O) groups excluding carboxylic acids is 1. The molecule has 5 nitrogen and oxygen atoms in total. The van der Waals surface area contributed by atoms with Gasteiger partial charge in [0.25, 0.3) is 5.91 Å². The van der Waals surface area contributed by atoms with Crippen LogP contribution >= 0.6 is 11.3 Å². The lowest BCUT2D eigenvalue weighted by Crippen LogP contribution is -2.39. The van der Waals surface area contributed by atoms with Crippen LogP contribution in [0.25, 0.3) is 21.0 Å². The molecule has 1 amide bonds. The summed E-state index contributed by atoms with van der Waals surface area (Å²) in [7, 11) is 0. The summed E-state index contributed by atoms with van der Waals surface area (Å²) < 4.78 is 1.06. The highest BCUT2D eigenvalue weighted by Crippen LogP contribution is 2.40. The summed E-state index contributed by atoms with van der Waals surface area (Å²) in [6, 6.07) is 7.63. The number of rotatable bonds is 1. The van der Waals surface area contributed by atoms with E-state index < -0.39 is 0 Å². The van der Waals surface area contributed by atoms with Crippen LogP contribution in [-0.4, -0.2) is 35.2 Å². The number of hydrogen-bond donors (Lipinski definition) is 3. The zero-order valence-electron chi connectivity index (χ0n) is 11.1. The number of pyridine rings is 1. The average Bonchev–Trinajstić information content (AvgIpc) is 2.83. The second kappa shape index (κ2) is 4.68. The maximum absolute atomic E-state index is 12.3. The van der Waals surface area contributed by atoms with Gasteiger partial charge < -0.3 is 15.7 Å². The number of nitrogens with zero attached hydrogens (tertiary/aromatic N) is 1. The van der Waals surface area contributed by atoms with Crippen molar-refractivity contribution < 1.29 is 9.90 Å². The quantitative estimate of drug-likeness (QED) is 0.642. The Hall–Kier alpha value is -2.18. The Bertz CT molecular complexity index is 859. The molecule has 3 N–H and O–H groups in total. The maximum atomic E-state index is 12.3. The zero-order chi connectivity index (χ0) is 14.4. The fourth-order valence-corrected chi connectivity index (χ4v) is 3.81. The number of anilines is 1. The third-order valence-electron chi connectivity index (χ3n) is 3.72. The number of carbonyl (C=O) groups is 1. The molecule has 0 saturated heterocycles. The van der Waals surface area contributed by atoms with Crippen LogP contribution < -0.4 is 10.6 Å². The van der Waals surface area contributed by atoms with Crippen molar-refractivity contribution in [1.82, 2.24) is 10.3 Å². The molecular formula is C15H13N3O2S. The molecule has 21 heavy (non-hydrogen) atoms. The van der Waals surface area contributed by atoms with Crippen LogP contribution in [-0.2, 0) is 0 Å². The van der Waals surface area contributed by atoms with Crippen LogP contribution in [0.2, 0.25) is 0 Å². The Morgan fingerprint density at radius 1 is 1.38 bits per heavy atom. The molecule has 3 heterocycles. The zero-order valence-corrected chi connectivity index (χ0v) is 11.9. The van der Waals surface area contributed by atoms with Crippen molar-refractivity contribution in [3.8, 4) is 0 Å². The Morgan fingerprint density at radius 2 is 2.29 bits per heavy atom. The number of nitrogens with one attached hydrogen (secondary N) is 2. The molecule has 6 heteroatoms. The van der Waals surface area contributed by atoms with Crippen molar-refractivity contribution in [3.63, 3.8) is 0 Å². The van der Waals surface area contributed by atoms with Crippen molar-refractivity contribution >= 4 is 43.9 Å². The summed E-state index contributed by atoms with van der Waals surface area (Å²) >= 11 is 1.46. The number of aliphatic hydroxyl groups excluding tert-OH is 1. The number of aromatic nitrogens is 1. The van der Waals surface area contributed by atoms with Gasteiger partial charge in [-0.15, -0.1) is 11.3 Å². The summed E-state index contributed by atoms with van der Waals surface area (Å²) in [4.78, 5) is 17.3. The molecule has 1 aliphatic heterocycles. The summed E-state index contributed by atoms with van der Waals surface area (Å²) in [5.41, 5.74) is 1.76. The van der Waals surface area contributed by atoms with E-state index in [-0.39, 0.29) is 18.6 Å². The molecule has 3 aromatic rings. The molecule has 4 rings (SSSR count). The normalized spacial score (nSPS) is 18.1. The van der Waals surface area contributed by atoms with Gasteiger partial charge in [0, 0.05) is 28.2 Å². The highest BCUT2D eigenvalue weighted by atomic mass is 32.1. The number of fused-ring (bicyclic) bond motifs is 5. The molecular weight excluding hydrogens is 286 g/mol. The average molecular weight is 299 g/mol. The molecule has 0 saturated carbocycles. The lowest BCUT2D eigenvalue weighted by atomic mass is 10.1. The lowest BCUT2D eigenvalue weighted by Gasteiger charge is -2.12. The van der Waals surface area contributed by atoms with E-state index in [9.17, 15) is 9.90 Å². The van der Waals surface area contributed by atoms with Gasteiger partial charge >= 0.3 is 0 Å². The van der Waals surface area contributed by atoms with Gasteiger partial charge in [-0.3, -0.25) is 9.78 Å². The van der Waals surface area contributed by atoms with Gasteiger partial charge in [-0.25, -0.2) is 0 Å². The first-order valence-electron chi connectivity index (χ1n) is 6.74. The summed E-state index contributed by atoms with van der Waals surface area (Å²) in [5.74, 6) is -0.132. The molecule has 1 aromatic carbocycles. The minimum absolute atomic E-state index is 0.0755. The molecule has 0 fully saturated rings. The first-order chi connectivity index (χ1) is 10.3. The molecule has 106 valence electrons. The first-order valence-corrected chi connectivity index (χ1v) is 7.55. The van der Waals surface area contributed by atoms with Crippen LogP contribution in [0.5, 0.6) is 0 Å². The smallest absolute Gasteiger partial charge is 0.263 e. The van der Waals surface area contributed by atoms with E-state index in [1.165, 1.54) is 11.3 Å².